The van der Waals surface area contributed by atoms with Crippen molar-refractivity contribution in [3.63, 3.8) is 0 Å². The number of rotatable bonds is 7. The minimum atomic E-state index is -0.274. The van der Waals surface area contributed by atoms with Crippen molar-refractivity contribution in [3.8, 4) is 16.9 Å². The topological polar surface area (TPSA) is 80.4 Å². The van der Waals surface area contributed by atoms with E-state index in [0.29, 0.717) is 11.6 Å². The van der Waals surface area contributed by atoms with Crippen molar-refractivity contribution in [2.75, 3.05) is 17.2 Å². The Morgan fingerprint density at radius 2 is 1.85 bits per heavy atom. The molecule has 0 spiro atoms. The van der Waals surface area contributed by atoms with Gasteiger partial charge in [0, 0.05) is 16.0 Å². The van der Waals surface area contributed by atoms with E-state index in [0.717, 1.165) is 28.1 Å². The average Bonchev–Trinajstić information content (AvgIpc) is 3.71. The van der Waals surface area contributed by atoms with E-state index >= 15 is 0 Å². The van der Waals surface area contributed by atoms with Crippen LogP contribution in [0.15, 0.2) is 88.9 Å². The van der Waals surface area contributed by atoms with Crippen molar-refractivity contribution in [2.24, 2.45) is 0 Å². The van der Waals surface area contributed by atoms with Crippen molar-refractivity contribution in [1.29, 1.82) is 0 Å². The quantitative estimate of drug-likeness (QED) is 0.249. The van der Waals surface area contributed by atoms with Crippen LogP contribution in [-0.2, 0) is 16.1 Å². The minimum absolute atomic E-state index is 0.121. The van der Waals surface area contributed by atoms with E-state index in [1.165, 1.54) is 10.4 Å². The first-order valence-corrected chi connectivity index (χ1v) is 14.9. The van der Waals surface area contributed by atoms with Crippen LogP contribution in [0.3, 0.4) is 0 Å². The molecule has 0 aliphatic carbocycles. The summed E-state index contributed by atoms with van der Waals surface area (Å²) in [5, 5.41) is 10.0. The highest BCUT2D eigenvalue weighted by atomic mass is 32.2. The fourth-order valence-electron chi connectivity index (χ4n) is 4.85. The number of fused-ring (bicyclic) bond motifs is 1. The third-order valence-electron chi connectivity index (χ3n) is 6.90. The molecule has 2 aromatic carbocycles. The van der Waals surface area contributed by atoms with Crippen molar-refractivity contribution in [1.82, 2.24) is 15.1 Å². The van der Waals surface area contributed by atoms with E-state index in [1.54, 1.807) is 46.4 Å². The van der Waals surface area contributed by atoms with Gasteiger partial charge in [-0.2, -0.15) is 5.10 Å². The normalized spacial score (nSPS) is 15.1. The van der Waals surface area contributed by atoms with Gasteiger partial charge in [-0.1, -0.05) is 48.0 Å². The lowest BCUT2D eigenvalue weighted by Gasteiger charge is -2.23. The smallest absolute Gasteiger partial charge is 0.240 e. The summed E-state index contributed by atoms with van der Waals surface area (Å²) in [5.41, 5.74) is 5.82. The maximum absolute atomic E-state index is 13.8. The van der Waals surface area contributed by atoms with Crippen molar-refractivity contribution in [2.45, 2.75) is 25.6 Å². The lowest BCUT2D eigenvalue weighted by Crippen LogP contribution is -2.42. The average molecular weight is 569 g/mol. The Balaban J connectivity index is 1.53. The largest absolute Gasteiger partial charge is 0.467 e. The van der Waals surface area contributed by atoms with Crippen LogP contribution < -0.4 is 10.2 Å². The molecule has 5 aromatic rings. The molecule has 4 heterocycles. The first kappa shape index (κ1) is 26.2. The molecule has 0 fully saturated rings. The molecule has 1 aliphatic heterocycles. The third kappa shape index (κ3) is 5.10. The van der Waals surface area contributed by atoms with Gasteiger partial charge >= 0.3 is 0 Å². The minimum Gasteiger partial charge on any atom is -0.467 e. The van der Waals surface area contributed by atoms with E-state index in [-0.39, 0.29) is 35.9 Å². The highest BCUT2D eigenvalue weighted by molar-refractivity contribution is 8.00. The molecule has 7 nitrogen and oxygen atoms in total. The lowest BCUT2D eigenvalue weighted by atomic mass is 10.0. The van der Waals surface area contributed by atoms with Gasteiger partial charge in [-0.05, 0) is 55.1 Å². The molecule has 2 amide bonds. The zero-order valence-corrected chi connectivity index (χ0v) is 23.8. The molecule has 9 heteroatoms. The summed E-state index contributed by atoms with van der Waals surface area (Å²) < 4.78 is 7.20. The fraction of sp³-hybridized carbons (Fsp3) is 0.194. The number of hydrogen-bond donors (Lipinski definition) is 1. The van der Waals surface area contributed by atoms with Gasteiger partial charge in [0.1, 0.15) is 18.1 Å². The van der Waals surface area contributed by atoms with Gasteiger partial charge in [-0.3, -0.25) is 14.5 Å². The summed E-state index contributed by atoms with van der Waals surface area (Å²) in [6, 6.07) is 23.8. The number of nitrogens with zero attached hydrogens (tertiary/aromatic N) is 3. The zero-order chi connectivity index (χ0) is 27.6. The van der Waals surface area contributed by atoms with Crippen LogP contribution in [0.25, 0.3) is 16.9 Å². The molecule has 1 atom stereocenters. The Morgan fingerprint density at radius 3 is 2.55 bits per heavy atom. The second-order valence-corrected chi connectivity index (χ2v) is 11.7. The number of nitrogens with one attached hydrogen (secondary N) is 1. The van der Waals surface area contributed by atoms with Crippen LogP contribution in [-0.4, -0.2) is 33.9 Å². The number of furan rings is 1. The molecule has 0 saturated carbocycles. The third-order valence-corrected chi connectivity index (χ3v) is 9.35. The summed E-state index contributed by atoms with van der Waals surface area (Å²) >= 11 is 3.27. The first-order valence-electron chi connectivity index (χ1n) is 13.0. The molecule has 40 heavy (non-hydrogen) atoms. The van der Waals surface area contributed by atoms with Crippen LogP contribution in [0.4, 0.5) is 5.82 Å². The van der Waals surface area contributed by atoms with E-state index in [9.17, 15) is 9.59 Å². The molecular formula is C31H28N4O3S2. The van der Waals surface area contributed by atoms with E-state index in [1.807, 2.05) is 66.2 Å². The van der Waals surface area contributed by atoms with Gasteiger partial charge in [0.25, 0.3) is 0 Å². The number of carbonyl (C=O) groups excluding carboxylic acids is 2. The van der Waals surface area contributed by atoms with Gasteiger partial charge < -0.3 is 9.73 Å². The number of anilines is 1. The van der Waals surface area contributed by atoms with Gasteiger partial charge in [0.2, 0.25) is 11.8 Å². The lowest BCUT2D eigenvalue weighted by molar-refractivity contribution is -0.123. The monoisotopic (exact) mass is 568 g/mol. The molecule has 1 N–H and O–H groups in total. The zero-order valence-electron chi connectivity index (χ0n) is 22.2. The van der Waals surface area contributed by atoms with Crippen LogP contribution in [0.1, 0.15) is 32.6 Å². The van der Waals surface area contributed by atoms with Crippen molar-refractivity contribution < 1.29 is 14.0 Å². The summed E-state index contributed by atoms with van der Waals surface area (Å²) in [6.07, 6.45) is 1.57. The number of aryl methyl sites for hydroxylation is 2. The predicted molar refractivity (Wildman–Crippen MR) is 160 cm³/mol. The number of benzene rings is 2. The highest BCUT2D eigenvalue weighted by Crippen LogP contribution is 2.50. The Kier molecular flexibility index (Phi) is 7.32. The Bertz CT molecular complexity index is 1640. The molecule has 6 rings (SSSR count). The maximum Gasteiger partial charge on any atom is 0.240 e. The number of aromatic nitrogens is 2. The summed E-state index contributed by atoms with van der Waals surface area (Å²) in [4.78, 5) is 29.8. The SMILES string of the molecule is Cc1ccc(-n2nc(-c3ccccc3)c3c2N(CC(=O)NCc2ccco2)C(=O)CS[C@@H]3c2sccc2C)cc1. The van der Waals surface area contributed by atoms with Crippen LogP contribution in [0.5, 0.6) is 0 Å². The summed E-state index contributed by atoms with van der Waals surface area (Å²) in [5.74, 6) is 1.11. The second kappa shape index (κ2) is 11.2. The predicted octanol–water partition coefficient (Wildman–Crippen LogP) is 6.30. The van der Waals surface area contributed by atoms with Crippen LogP contribution in [0.2, 0.25) is 0 Å². The second-order valence-electron chi connectivity index (χ2n) is 9.69. The maximum atomic E-state index is 13.8. The van der Waals surface area contributed by atoms with E-state index in [2.05, 4.69) is 23.7 Å². The number of thiophene rings is 1. The Hall–Kier alpha value is -4.08. The van der Waals surface area contributed by atoms with Crippen LogP contribution >= 0.6 is 23.1 Å². The van der Waals surface area contributed by atoms with Crippen molar-refractivity contribution in [3.05, 3.63) is 112 Å². The fourth-order valence-corrected chi connectivity index (χ4v) is 7.32. The van der Waals surface area contributed by atoms with E-state index in [4.69, 9.17) is 9.52 Å². The molecular weight excluding hydrogens is 541 g/mol. The summed E-state index contributed by atoms with van der Waals surface area (Å²) in [7, 11) is 0. The summed E-state index contributed by atoms with van der Waals surface area (Å²) in [6.45, 7) is 4.26. The molecule has 202 valence electrons. The highest BCUT2D eigenvalue weighted by Gasteiger charge is 2.38. The van der Waals surface area contributed by atoms with Crippen LogP contribution in [0, 0.1) is 13.8 Å². The van der Waals surface area contributed by atoms with Gasteiger partial charge in [-0.15, -0.1) is 23.1 Å². The van der Waals surface area contributed by atoms with Gasteiger partial charge in [0.05, 0.1) is 35.2 Å². The number of carbonyl (C=O) groups is 2. The Morgan fingerprint density at radius 1 is 1.05 bits per heavy atom. The molecule has 0 radical (unpaired) electrons. The molecule has 0 saturated heterocycles. The number of amides is 2. The molecule has 0 unspecified atom stereocenters. The van der Waals surface area contributed by atoms with Crippen molar-refractivity contribution >= 4 is 40.7 Å². The molecule has 3 aromatic heterocycles. The first-order chi connectivity index (χ1) is 19.5. The van der Waals surface area contributed by atoms with Gasteiger partial charge in [0.15, 0.2) is 0 Å². The van der Waals surface area contributed by atoms with E-state index < -0.39 is 0 Å². The number of hydrogen-bond acceptors (Lipinski definition) is 6. The standard InChI is InChI=1S/C31H28N4O3S2/c1-20-10-12-23(13-11-20)35-31-27(28(33-35)22-7-4-3-5-8-22)30(29-21(2)14-16-39-29)40-19-26(37)34(31)18-25(36)32-17-24-9-6-15-38-24/h3-16,30H,17-19H2,1-2H3,(H,32,36)/t30-/m0/s1. The Labute approximate surface area is 240 Å². The molecule has 1 aliphatic rings. The number of thioether (sulfide) groups is 1. The van der Waals surface area contributed by atoms with Gasteiger partial charge in [-0.25, -0.2) is 4.68 Å². The molecule has 0 bridgehead atoms.